The number of sulfonamides is 1. The molecule has 1 aliphatic heterocycles. The van der Waals surface area contributed by atoms with E-state index >= 15 is 0 Å². The van der Waals surface area contributed by atoms with Crippen LogP contribution in [-0.2, 0) is 10.0 Å². The number of anilines is 1. The molecule has 2 heterocycles. The molecule has 1 N–H and O–H groups in total. The molecule has 3 rings (SSSR count). The molecular weight excluding hydrogens is 440 g/mol. The number of pyridine rings is 1. The molecule has 0 saturated carbocycles. The fraction of sp³-hybridized carbons (Fsp3) is 0.524. The van der Waals surface area contributed by atoms with Crippen molar-refractivity contribution >= 4 is 44.4 Å². The summed E-state index contributed by atoms with van der Waals surface area (Å²) in [5, 5.41) is 11.3. The molecule has 170 valence electrons. The van der Waals surface area contributed by atoms with Crippen LogP contribution in [0.5, 0.6) is 0 Å². The van der Waals surface area contributed by atoms with Gasteiger partial charge in [-0.25, -0.2) is 18.2 Å². The molecular formula is C21H29ClN4O4S. The van der Waals surface area contributed by atoms with E-state index in [0.29, 0.717) is 42.5 Å². The molecule has 1 amide bonds. The van der Waals surface area contributed by atoms with Gasteiger partial charge in [0.15, 0.2) is 0 Å². The van der Waals surface area contributed by atoms with Gasteiger partial charge in [-0.05, 0) is 39.8 Å². The van der Waals surface area contributed by atoms with Crippen LogP contribution in [0.2, 0.25) is 5.02 Å². The molecule has 0 bridgehead atoms. The smallest absolute Gasteiger partial charge is 0.408 e. The zero-order chi connectivity index (χ0) is 23.1. The Balaban J connectivity index is 2.11. The summed E-state index contributed by atoms with van der Waals surface area (Å²) in [7, 11) is -3.26. The first-order valence-electron chi connectivity index (χ1n) is 10.1. The highest BCUT2D eigenvalue weighted by molar-refractivity contribution is 7.88. The molecule has 1 aliphatic rings. The number of hydrogen-bond donors (Lipinski definition) is 1. The number of benzene rings is 1. The van der Waals surface area contributed by atoms with E-state index in [1.54, 1.807) is 6.07 Å². The van der Waals surface area contributed by atoms with Gasteiger partial charge < -0.3 is 10.0 Å². The van der Waals surface area contributed by atoms with E-state index in [4.69, 9.17) is 16.6 Å². The minimum absolute atomic E-state index is 0.344. The van der Waals surface area contributed by atoms with E-state index in [1.165, 1.54) is 15.5 Å². The van der Waals surface area contributed by atoms with Crippen molar-refractivity contribution in [3.63, 3.8) is 0 Å². The molecule has 1 aromatic heterocycles. The molecule has 10 heteroatoms. The summed E-state index contributed by atoms with van der Waals surface area (Å²) >= 11 is 6.40. The molecule has 0 radical (unpaired) electrons. The molecule has 1 atom stereocenters. The van der Waals surface area contributed by atoms with Crippen LogP contribution >= 0.6 is 11.6 Å². The van der Waals surface area contributed by atoms with Crippen molar-refractivity contribution in [3.05, 3.63) is 34.9 Å². The fourth-order valence-electron chi connectivity index (χ4n) is 4.13. The van der Waals surface area contributed by atoms with Crippen molar-refractivity contribution in [2.24, 2.45) is 0 Å². The molecule has 31 heavy (non-hydrogen) atoms. The normalized spacial score (nSPS) is 17.0. The molecule has 1 fully saturated rings. The maximum Gasteiger partial charge on any atom is 0.408 e. The Morgan fingerprint density at radius 3 is 2.35 bits per heavy atom. The predicted octanol–water partition coefficient (Wildman–Crippen LogP) is 3.81. The van der Waals surface area contributed by atoms with Gasteiger partial charge in [-0.15, -0.1) is 0 Å². The first kappa shape index (κ1) is 23.6. The monoisotopic (exact) mass is 468 g/mol. The second-order valence-electron chi connectivity index (χ2n) is 8.86. The molecule has 0 unspecified atom stereocenters. The van der Waals surface area contributed by atoms with Crippen LogP contribution in [-0.4, -0.2) is 71.8 Å². The van der Waals surface area contributed by atoms with Gasteiger partial charge in [-0.3, -0.25) is 4.90 Å². The number of rotatable bonds is 4. The Labute approximate surface area is 188 Å². The Morgan fingerprint density at radius 2 is 1.84 bits per heavy atom. The van der Waals surface area contributed by atoms with Gasteiger partial charge in [0.2, 0.25) is 10.0 Å². The summed E-state index contributed by atoms with van der Waals surface area (Å²) in [6.45, 7) is 9.02. The van der Waals surface area contributed by atoms with Gasteiger partial charge >= 0.3 is 6.09 Å². The summed E-state index contributed by atoms with van der Waals surface area (Å²) < 4.78 is 25.2. The van der Waals surface area contributed by atoms with Crippen LogP contribution < -0.4 is 4.90 Å². The summed E-state index contributed by atoms with van der Waals surface area (Å²) in [5.74, 6) is 0.636. The van der Waals surface area contributed by atoms with E-state index in [9.17, 15) is 18.3 Å². The zero-order valence-electron chi connectivity index (χ0n) is 18.5. The van der Waals surface area contributed by atoms with Gasteiger partial charge in [0, 0.05) is 42.7 Å². The molecule has 0 aliphatic carbocycles. The second-order valence-corrected chi connectivity index (χ2v) is 11.3. The maximum absolute atomic E-state index is 12.1. The van der Waals surface area contributed by atoms with Crippen molar-refractivity contribution < 1.29 is 18.3 Å². The van der Waals surface area contributed by atoms with E-state index in [2.05, 4.69) is 0 Å². The Bertz CT molecular complexity index is 1090. The third-order valence-electron chi connectivity index (χ3n) is 5.58. The highest BCUT2D eigenvalue weighted by Gasteiger charge is 2.35. The third-order valence-corrected chi connectivity index (χ3v) is 7.19. The highest BCUT2D eigenvalue weighted by atomic mass is 35.5. The number of carbonyl (C=O) groups is 1. The van der Waals surface area contributed by atoms with Gasteiger partial charge in [0.05, 0.1) is 22.8 Å². The standard InChI is InChI=1S/C21H29ClN4O4S/c1-14(26(20(27)28)21(2,3)4)16-13-15-7-6-8-17(22)18(15)23-19(16)24-9-11-25(12-10-24)31(5,29)30/h6-8,13-14H,9-12H2,1-5H3,(H,27,28)/t14-/m0/s1. The van der Waals surface area contributed by atoms with E-state index in [1.807, 2.05) is 50.8 Å². The van der Waals surface area contributed by atoms with Crippen LogP contribution in [0, 0.1) is 0 Å². The predicted molar refractivity (Wildman–Crippen MR) is 123 cm³/mol. The Kier molecular flexibility index (Phi) is 6.42. The first-order valence-corrected chi connectivity index (χ1v) is 12.3. The quantitative estimate of drug-likeness (QED) is 0.733. The largest absolute Gasteiger partial charge is 0.465 e. The van der Waals surface area contributed by atoms with Crippen molar-refractivity contribution in [1.29, 1.82) is 0 Å². The molecule has 2 aromatic rings. The Morgan fingerprint density at radius 1 is 1.23 bits per heavy atom. The lowest BCUT2D eigenvalue weighted by molar-refractivity contribution is 0.0753. The summed E-state index contributed by atoms with van der Waals surface area (Å²) in [5.41, 5.74) is 0.777. The number of fused-ring (bicyclic) bond motifs is 1. The summed E-state index contributed by atoms with van der Waals surface area (Å²) in [6, 6.07) is 6.97. The minimum atomic E-state index is -3.26. The lowest BCUT2D eigenvalue weighted by Gasteiger charge is -2.40. The topological polar surface area (TPSA) is 94.1 Å². The number of hydrogen-bond acceptors (Lipinski definition) is 5. The van der Waals surface area contributed by atoms with Crippen molar-refractivity contribution in [2.45, 2.75) is 39.3 Å². The summed E-state index contributed by atoms with van der Waals surface area (Å²) in [4.78, 5) is 20.4. The number of halogens is 1. The van der Waals surface area contributed by atoms with E-state index in [-0.39, 0.29) is 0 Å². The first-order chi connectivity index (χ1) is 14.3. The van der Waals surface area contributed by atoms with Gasteiger partial charge in [-0.1, -0.05) is 23.7 Å². The van der Waals surface area contributed by atoms with Crippen LogP contribution in [0.15, 0.2) is 24.3 Å². The SMILES string of the molecule is C[C@@H](c1cc2cccc(Cl)c2nc1N1CCN(S(C)(=O)=O)CC1)N(C(=O)O)C(C)(C)C. The number of amides is 1. The minimum Gasteiger partial charge on any atom is -0.465 e. The number of nitrogens with zero attached hydrogens (tertiary/aromatic N) is 4. The lowest BCUT2D eigenvalue weighted by Crippen LogP contribution is -2.50. The van der Waals surface area contributed by atoms with Crippen LogP contribution in [0.25, 0.3) is 10.9 Å². The lowest BCUT2D eigenvalue weighted by atomic mass is 9.98. The maximum atomic E-state index is 12.1. The molecule has 0 spiro atoms. The van der Waals surface area contributed by atoms with Crippen molar-refractivity contribution in [3.8, 4) is 0 Å². The van der Waals surface area contributed by atoms with Gasteiger partial charge in [0.25, 0.3) is 0 Å². The second kappa shape index (κ2) is 8.44. The fourth-order valence-corrected chi connectivity index (χ4v) is 5.18. The average Bonchev–Trinajstić information content (AvgIpc) is 2.65. The third kappa shape index (κ3) is 4.88. The zero-order valence-corrected chi connectivity index (χ0v) is 20.0. The van der Waals surface area contributed by atoms with Crippen LogP contribution in [0.3, 0.4) is 0 Å². The molecule has 1 saturated heterocycles. The van der Waals surface area contributed by atoms with Crippen molar-refractivity contribution in [1.82, 2.24) is 14.2 Å². The highest BCUT2D eigenvalue weighted by Crippen LogP contribution is 2.37. The molecule has 1 aromatic carbocycles. The summed E-state index contributed by atoms with van der Waals surface area (Å²) in [6.07, 6.45) is 0.192. The van der Waals surface area contributed by atoms with E-state index < -0.39 is 27.7 Å². The van der Waals surface area contributed by atoms with Gasteiger partial charge in [-0.2, -0.15) is 4.31 Å². The number of para-hydroxylation sites is 1. The van der Waals surface area contributed by atoms with Crippen LogP contribution in [0.4, 0.5) is 10.6 Å². The van der Waals surface area contributed by atoms with Gasteiger partial charge in [0.1, 0.15) is 5.82 Å². The Hall–Kier alpha value is -2.10. The van der Waals surface area contributed by atoms with Crippen molar-refractivity contribution in [2.75, 3.05) is 37.3 Å². The van der Waals surface area contributed by atoms with Crippen LogP contribution in [0.1, 0.15) is 39.3 Å². The number of aromatic nitrogens is 1. The average molecular weight is 469 g/mol. The van der Waals surface area contributed by atoms with E-state index in [0.717, 1.165) is 10.9 Å². The number of piperazine rings is 1. The molecule has 8 nitrogen and oxygen atoms in total. The number of carboxylic acid groups (broad SMARTS) is 1.